The first kappa shape index (κ1) is 16.4. The zero-order valence-corrected chi connectivity index (χ0v) is 14.8. The molecular weight excluding hydrogens is 332 g/mol. The van der Waals surface area contributed by atoms with Gasteiger partial charge < -0.3 is 19.7 Å². The molecule has 1 fully saturated rings. The number of hydrogen-bond donors (Lipinski definition) is 1. The third-order valence-corrected chi connectivity index (χ3v) is 5.07. The molecule has 1 aliphatic carbocycles. The summed E-state index contributed by atoms with van der Waals surface area (Å²) < 4.78 is 10.3. The van der Waals surface area contributed by atoms with Crippen LogP contribution in [0.3, 0.4) is 0 Å². The molecule has 0 aromatic carbocycles. The van der Waals surface area contributed by atoms with Crippen molar-refractivity contribution in [2.45, 2.75) is 31.8 Å². The first-order valence-electron chi connectivity index (χ1n) is 7.62. The first-order chi connectivity index (χ1) is 11.1. The number of thiocarbonyl (C=S) groups is 1. The van der Waals surface area contributed by atoms with E-state index in [0.29, 0.717) is 23.3 Å². The van der Waals surface area contributed by atoms with Gasteiger partial charge in [-0.25, -0.2) is 4.79 Å². The van der Waals surface area contributed by atoms with Crippen LogP contribution in [0.4, 0.5) is 0 Å². The number of ether oxygens (including phenoxy) is 2. The Bertz CT molecular complexity index is 623. The van der Waals surface area contributed by atoms with E-state index >= 15 is 0 Å². The Morgan fingerprint density at radius 1 is 1.48 bits per heavy atom. The summed E-state index contributed by atoms with van der Waals surface area (Å²) in [7, 11) is 1.59. The average Bonchev–Trinajstić information content (AvgIpc) is 3.19. The number of nitrogens with zero attached hydrogens (tertiary/aromatic N) is 1. The van der Waals surface area contributed by atoms with Crippen molar-refractivity contribution in [1.29, 1.82) is 0 Å². The average molecular weight is 352 g/mol. The lowest BCUT2D eigenvalue weighted by atomic mass is 9.97. The van der Waals surface area contributed by atoms with E-state index in [2.05, 4.69) is 10.2 Å². The molecule has 7 heteroatoms. The molecule has 2 aliphatic rings. The molecule has 1 atom stereocenters. The number of rotatable bonds is 6. The van der Waals surface area contributed by atoms with Crippen LogP contribution in [0.2, 0.25) is 0 Å². The lowest BCUT2D eigenvalue weighted by Crippen LogP contribution is -2.48. The Balaban J connectivity index is 1.92. The van der Waals surface area contributed by atoms with E-state index in [0.717, 1.165) is 24.1 Å². The maximum Gasteiger partial charge on any atom is 0.338 e. The molecular formula is C16H20N2O3S2. The van der Waals surface area contributed by atoms with Crippen molar-refractivity contribution in [3.63, 3.8) is 0 Å². The van der Waals surface area contributed by atoms with Gasteiger partial charge in [-0.1, -0.05) is 0 Å². The zero-order valence-electron chi connectivity index (χ0n) is 13.2. The number of nitrogens with one attached hydrogen (secondary N) is 1. The van der Waals surface area contributed by atoms with Crippen LogP contribution >= 0.6 is 23.6 Å². The van der Waals surface area contributed by atoms with Crippen LogP contribution in [0, 0.1) is 0 Å². The summed E-state index contributed by atoms with van der Waals surface area (Å²) in [6.45, 7) is 2.59. The maximum atomic E-state index is 12.6. The lowest BCUT2D eigenvalue weighted by molar-refractivity contribution is -0.140. The van der Waals surface area contributed by atoms with Crippen LogP contribution < -0.4 is 5.32 Å². The Morgan fingerprint density at radius 2 is 2.26 bits per heavy atom. The molecule has 3 rings (SSSR count). The molecule has 1 unspecified atom stereocenters. The number of methoxy groups -OCH3 is 1. The second-order valence-corrected chi connectivity index (χ2v) is 6.83. The van der Waals surface area contributed by atoms with Gasteiger partial charge in [0, 0.05) is 18.8 Å². The Hall–Kier alpha value is -1.44. The fourth-order valence-corrected chi connectivity index (χ4v) is 3.87. The van der Waals surface area contributed by atoms with Crippen LogP contribution in [0.25, 0.3) is 0 Å². The predicted molar refractivity (Wildman–Crippen MR) is 93.2 cm³/mol. The van der Waals surface area contributed by atoms with E-state index in [1.807, 2.05) is 23.8 Å². The monoisotopic (exact) mass is 352 g/mol. The molecule has 1 aliphatic heterocycles. The van der Waals surface area contributed by atoms with Gasteiger partial charge in [0.05, 0.1) is 18.2 Å². The van der Waals surface area contributed by atoms with Crippen LogP contribution in [0.5, 0.6) is 0 Å². The molecule has 1 aromatic heterocycles. The maximum absolute atomic E-state index is 12.6. The Labute approximate surface area is 145 Å². The van der Waals surface area contributed by atoms with Gasteiger partial charge in [-0.05, 0) is 54.4 Å². The van der Waals surface area contributed by atoms with Crippen molar-refractivity contribution in [1.82, 2.24) is 10.2 Å². The van der Waals surface area contributed by atoms with E-state index in [4.69, 9.17) is 21.7 Å². The fourth-order valence-electron chi connectivity index (χ4n) is 2.78. The Morgan fingerprint density at radius 3 is 2.87 bits per heavy atom. The molecule has 0 radical (unpaired) electrons. The fraction of sp³-hybridized carbons (Fsp3) is 0.500. The highest BCUT2D eigenvalue weighted by atomic mass is 32.1. The third kappa shape index (κ3) is 3.41. The van der Waals surface area contributed by atoms with Gasteiger partial charge >= 0.3 is 5.97 Å². The third-order valence-electron chi connectivity index (χ3n) is 4.06. The highest BCUT2D eigenvalue weighted by molar-refractivity contribution is 7.80. The minimum atomic E-state index is -0.309. The number of esters is 1. The van der Waals surface area contributed by atoms with Gasteiger partial charge in [-0.15, -0.1) is 0 Å². The standard InChI is InChI=1S/C16H20N2O3S2/c1-10-13(15(19)21-7-6-20-2)14(11-5-8-23-9-11)17-16(22)18(10)12-3-4-12/h5,8-9,12,14H,3-4,6-7H2,1-2H3,(H,17,22). The molecule has 0 amide bonds. The van der Waals surface area contributed by atoms with Crippen LogP contribution in [-0.2, 0) is 14.3 Å². The smallest absolute Gasteiger partial charge is 0.338 e. The molecule has 0 saturated heterocycles. The molecule has 2 heterocycles. The minimum absolute atomic E-state index is 0.246. The van der Waals surface area contributed by atoms with Gasteiger partial charge in [0.1, 0.15) is 6.61 Å². The van der Waals surface area contributed by atoms with Gasteiger partial charge in [0.2, 0.25) is 0 Å². The number of thiophene rings is 1. The summed E-state index contributed by atoms with van der Waals surface area (Å²) in [6, 6.07) is 2.16. The predicted octanol–water partition coefficient (Wildman–Crippen LogP) is 2.61. The van der Waals surface area contributed by atoms with Gasteiger partial charge in [-0.2, -0.15) is 11.3 Å². The molecule has 124 valence electrons. The van der Waals surface area contributed by atoms with Gasteiger partial charge in [-0.3, -0.25) is 0 Å². The largest absolute Gasteiger partial charge is 0.460 e. The Kier molecular flexibility index (Phi) is 4.99. The summed E-state index contributed by atoms with van der Waals surface area (Å²) in [5.74, 6) is -0.309. The molecule has 1 N–H and O–H groups in total. The molecule has 0 bridgehead atoms. The summed E-state index contributed by atoms with van der Waals surface area (Å²) in [4.78, 5) is 14.7. The number of allylic oxidation sites excluding steroid dienone is 1. The molecule has 5 nitrogen and oxygen atoms in total. The lowest BCUT2D eigenvalue weighted by Gasteiger charge is -2.37. The zero-order chi connectivity index (χ0) is 16.4. The summed E-state index contributed by atoms with van der Waals surface area (Å²) >= 11 is 7.13. The van der Waals surface area contributed by atoms with Crippen molar-refractivity contribution in [2.75, 3.05) is 20.3 Å². The number of hydrogen-bond acceptors (Lipinski definition) is 5. The number of carbonyl (C=O) groups excluding carboxylic acids is 1. The van der Waals surface area contributed by atoms with Crippen molar-refractivity contribution < 1.29 is 14.3 Å². The van der Waals surface area contributed by atoms with Crippen molar-refractivity contribution in [3.8, 4) is 0 Å². The van der Waals surface area contributed by atoms with Crippen LogP contribution in [-0.4, -0.2) is 42.3 Å². The van der Waals surface area contributed by atoms with E-state index in [1.165, 1.54) is 0 Å². The summed E-state index contributed by atoms with van der Waals surface area (Å²) in [6.07, 6.45) is 2.21. The van der Waals surface area contributed by atoms with Gasteiger partial charge in [0.15, 0.2) is 5.11 Å². The highest BCUT2D eigenvalue weighted by Crippen LogP contribution is 2.38. The second-order valence-electron chi connectivity index (χ2n) is 5.67. The van der Waals surface area contributed by atoms with Crippen molar-refractivity contribution in [3.05, 3.63) is 33.7 Å². The topological polar surface area (TPSA) is 50.8 Å². The van der Waals surface area contributed by atoms with E-state index in [1.54, 1.807) is 18.4 Å². The van der Waals surface area contributed by atoms with E-state index in [9.17, 15) is 4.79 Å². The quantitative estimate of drug-likeness (QED) is 0.482. The van der Waals surface area contributed by atoms with E-state index < -0.39 is 0 Å². The molecule has 0 spiro atoms. The summed E-state index contributed by atoms with van der Waals surface area (Å²) in [5.41, 5.74) is 2.57. The van der Waals surface area contributed by atoms with Crippen molar-refractivity contribution in [2.24, 2.45) is 0 Å². The molecule has 23 heavy (non-hydrogen) atoms. The first-order valence-corrected chi connectivity index (χ1v) is 8.97. The molecule has 1 aromatic rings. The van der Waals surface area contributed by atoms with Crippen LogP contribution in [0.1, 0.15) is 31.4 Å². The summed E-state index contributed by atoms with van der Waals surface area (Å²) in [5, 5.41) is 8.03. The normalized spacial score (nSPS) is 21.4. The van der Waals surface area contributed by atoms with Gasteiger partial charge in [0.25, 0.3) is 0 Å². The van der Waals surface area contributed by atoms with Crippen molar-refractivity contribution >= 4 is 34.6 Å². The SMILES string of the molecule is COCCOC(=O)C1=C(C)N(C2CC2)C(=S)NC1c1ccsc1. The second kappa shape index (κ2) is 6.98. The van der Waals surface area contributed by atoms with E-state index in [-0.39, 0.29) is 18.6 Å². The molecule has 1 saturated carbocycles. The highest BCUT2D eigenvalue weighted by Gasteiger charge is 2.40. The van der Waals surface area contributed by atoms with Crippen LogP contribution in [0.15, 0.2) is 28.1 Å². The number of carbonyl (C=O) groups is 1. The minimum Gasteiger partial charge on any atom is -0.460 e.